The monoisotopic (exact) mass is 265 g/mol. The molecule has 7 nitrogen and oxygen atoms in total. The first-order valence-electron chi connectivity index (χ1n) is 5.49. The minimum atomic E-state index is -1.20. The molecule has 1 amide bonds. The van der Waals surface area contributed by atoms with E-state index in [0.717, 1.165) is 11.0 Å². The van der Waals surface area contributed by atoms with Gasteiger partial charge in [0.25, 0.3) is 0 Å². The molecule has 1 unspecified atom stereocenters. The van der Waals surface area contributed by atoms with E-state index in [2.05, 4.69) is 0 Å². The van der Waals surface area contributed by atoms with Crippen molar-refractivity contribution in [3.05, 3.63) is 23.8 Å². The lowest BCUT2D eigenvalue weighted by molar-refractivity contribution is -0.141. The highest BCUT2D eigenvalue weighted by molar-refractivity contribution is 6.01. The average Bonchev–Trinajstić information content (AvgIpc) is 2.71. The molecule has 0 spiro atoms. The number of hydrogen-bond donors (Lipinski definition) is 3. The summed E-state index contributed by atoms with van der Waals surface area (Å²) in [4.78, 5) is 34.4. The van der Waals surface area contributed by atoms with Gasteiger partial charge in [-0.3, -0.25) is 9.59 Å². The van der Waals surface area contributed by atoms with Gasteiger partial charge in [0.15, 0.2) is 0 Å². The maximum absolute atomic E-state index is 11.7. The fourth-order valence-corrected chi connectivity index (χ4v) is 1.99. The number of carbonyl (C=O) groups is 3. The van der Waals surface area contributed by atoms with Crippen molar-refractivity contribution < 1.29 is 29.7 Å². The number of aromatic hydroxyl groups is 1. The molecule has 3 N–H and O–H groups in total. The molecule has 0 saturated carbocycles. The number of carboxylic acid groups (broad SMARTS) is 2. The summed E-state index contributed by atoms with van der Waals surface area (Å²) >= 11 is 0. The van der Waals surface area contributed by atoms with Gasteiger partial charge in [-0.1, -0.05) is 0 Å². The minimum absolute atomic E-state index is 0.0336. The third-order valence-corrected chi connectivity index (χ3v) is 2.99. The van der Waals surface area contributed by atoms with Crippen LogP contribution in [0.4, 0.5) is 5.69 Å². The number of aromatic carboxylic acids is 1. The molecule has 1 aliphatic rings. The summed E-state index contributed by atoms with van der Waals surface area (Å²) in [6, 6.07) is 3.57. The molecule has 100 valence electrons. The van der Waals surface area contributed by atoms with Crippen molar-refractivity contribution in [2.75, 3.05) is 11.4 Å². The summed E-state index contributed by atoms with van der Waals surface area (Å²) < 4.78 is 0. The fourth-order valence-electron chi connectivity index (χ4n) is 1.99. The SMILES string of the molecule is O=C(O)c1ccc(N2CC(C(=O)O)CC2=O)c(O)c1. The Bertz CT molecular complexity index is 567. The van der Waals surface area contributed by atoms with E-state index in [1.807, 2.05) is 0 Å². The number of phenols is 1. The molecule has 1 fully saturated rings. The number of amides is 1. The Morgan fingerprint density at radius 2 is 1.95 bits per heavy atom. The van der Waals surface area contributed by atoms with Crippen LogP contribution in [-0.4, -0.2) is 39.7 Å². The third kappa shape index (κ3) is 2.35. The predicted octanol–water partition coefficient (Wildman–Crippen LogP) is 0.528. The van der Waals surface area contributed by atoms with Gasteiger partial charge < -0.3 is 20.2 Å². The molecule has 1 saturated heterocycles. The van der Waals surface area contributed by atoms with Gasteiger partial charge >= 0.3 is 11.9 Å². The largest absolute Gasteiger partial charge is 0.506 e. The van der Waals surface area contributed by atoms with Gasteiger partial charge in [0.1, 0.15) is 5.75 Å². The molecule has 0 aromatic heterocycles. The van der Waals surface area contributed by atoms with Gasteiger partial charge in [-0.05, 0) is 18.2 Å². The number of anilines is 1. The van der Waals surface area contributed by atoms with Crippen LogP contribution in [0, 0.1) is 5.92 Å². The second kappa shape index (κ2) is 4.60. The molecule has 0 radical (unpaired) electrons. The summed E-state index contributed by atoms with van der Waals surface area (Å²) in [5.41, 5.74) is 0.0152. The van der Waals surface area contributed by atoms with Gasteiger partial charge in [-0.25, -0.2) is 4.79 Å². The van der Waals surface area contributed by atoms with Gasteiger partial charge in [0, 0.05) is 13.0 Å². The maximum Gasteiger partial charge on any atom is 0.335 e. The lowest BCUT2D eigenvalue weighted by atomic mass is 10.1. The number of carboxylic acids is 2. The first-order chi connectivity index (χ1) is 8.90. The first-order valence-corrected chi connectivity index (χ1v) is 5.49. The van der Waals surface area contributed by atoms with E-state index in [0.29, 0.717) is 0 Å². The molecule has 2 rings (SSSR count). The van der Waals surface area contributed by atoms with Crippen LogP contribution in [0.1, 0.15) is 16.8 Å². The Balaban J connectivity index is 2.30. The molecule has 19 heavy (non-hydrogen) atoms. The van der Waals surface area contributed by atoms with Crippen molar-refractivity contribution in [1.29, 1.82) is 0 Å². The summed E-state index contributed by atoms with van der Waals surface area (Å²) in [7, 11) is 0. The van der Waals surface area contributed by atoms with Crippen molar-refractivity contribution in [3.8, 4) is 5.75 Å². The quantitative estimate of drug-likeness (QED) is 0.734. The number of nitrogens with zero attached hydrogens (tertiary/aromatic N) is 1. The lowest BCUT2D eigenvalue weighted by Gasteiger charge is -2.17. The molecule has 0 bridgehead atoms. The van der Waals surface area contributed by atoms with E-state index in [-0.39, 0.29) is 30.0 Å². The predicted molar refractivity (Wildman–Crippen MR) is 63.2 cm³/mol. The Kier molecular flexibility index (Phi) is 3.12. The highest BCUT2D eigenvalue weighted by Crippen LogP contribution is 2.33. The normalized spacial score (nSPS) is 18.6. The van der Waals surface area contributed by atoms with Crippen molar-refractivity contribution in [2.45, 2.75) is 6.42 Å². The zero-order chi connectivity index (χ0) is 14.2. The summed E-state index contributed by atoms with van der Waals surface area (Å²) in [6.07, 6.45) is -0.130. The van der Waals surface area contributed by atoms with E-state index < -0.39 is 23.8 Å². The average molecular weight is 265 g/mol. The molecule has 1 atom stereocenters. The highest BCUT2D eigenvalue weighted by Gasteiger charge is 2.36. The van der Waals surface area contributed by atoms with E-state index in [9.17, 15) is 19.5 Å². The molecular formula is C12H11NO6. The number of phenolic OH excluding ortho intramolecular Hbond substituents is 1. The second-order valence-corrected chi connectivity index (χ2v) is 4.25. The van der Waals surface area contributed by atoms with Crippen LogP contribution in [0.5, 0.6) is 5.75 Å². The Hall–Kier alpha value is -2.57. The smallest absolute Gasteiger partial charge is 0.335 e. The number of carbonyl (C=O) groups excluding carboxylic acids is 1. The van der Waals surface area contributed by atoms with Gasteiger partial charge in [-0.2, -0.15) is 0 Å². The summed E-state index contributed by atoms with van der Waals surface area (Å²) in [6.45, 7) is -0.0336. The Morgan fingerprint density at radius 3 is 2.42 bits per heavy atom. The second-order valence-electron chi connectivity index (χ2n) is 4.25. The number of benzene rings is 1. The summed E-state index contributed by atoms with van der Waals surface area (Å²) in [5.74, 6) is -3.85. The maximum atomic E-state index is 11.7. The van der Waals surface area contributed by atoms with Gasteiger partial charge in [0.05, 0.1) is 17.2 Å². The fraction of sp³-hybridized carbons (Fsp3) is 0.250. The number of rotatable bonds is 3. The zero-order valence-electron chi connectivity index (χ0n) is 9.74. The van der Waals surface area contributed by atoms with Crippen LogP contribution in [0.3, 0.4) is 0 Å². The standard InChI is InChI=1S/C12H11NO6/c14-9-3-6(11(16)17)1-2-8(9)13-5-7(12(18)19)4-10(13)15/h1-3,7,14H,4-5H2,(H,16,17)(H,18,19). The van der Waals surface area contributed by atoms with E-state index >= 15 is 0 Å². The van der Waals surface area contributed by atoms with Crippen molar-refractivity contribution in [1.82, 2.24) is 0 Å². The van der Waals surface area contributed by atoms with E-state index in [4.69, 9.17) is 10.2 Å². The third-order valence-electron chi connectivity index (χ3n) is 2.99. The van der Waals surface area contributed by atoms with Crippen molar-refractivity contribution in [2.24, 2.45) is 5.92 Å². The lowest BCUT2D eigenvalue weighted by Crippen LogP contribution is -2.25. The molecule has 0 aliphatic carbocycles. The van der Waals surface area contributed by atoms with Gasteiger partial charge in [-0.15, -0.1) is 0 Å². The minimum Gasteiger partial charge on any atom is -0.506 e. The van der Waals surface area contributed by atoms with Crippen LogP contribution in [0.2, 0.25) is 0 Å². The molecule has 1 heterocycles. The molecule has 7 heteroatoms. The van der Waals surface area contributed by atoms with Crippen LogP contribution < -0.4 is 4.90 Å². The first kappa shape index (κ1) is 12.9. The Labute approximate surface area is 107 Å². The number of aliphatic carboxylic acids is 1. The molecule has 1 aromatic carbocycles. The van der Waals surface area contributed by atoms with Crippen LogP contribution >= 0.6 is 0 Å². The van der Waals surface area contributed by atoms with Crippen molar-refractivity contribution in [3.63, 3.8) is 0 Å². The van der Waals surface area contributed by atoms with Gasteiger partial charge in [0.2, 0.25) is 5.91 Å². The van der Waals surface area contributed by atoms with Crippen LogP contribution in [0.25, 0.3) is 0 Å². The molecular weight excluding hydrogens is 254 g/mol. The van der Waals surface area contributed by atoms with E-state index in [1.165, 1.54) is 12.1 Å². The van der Waals surface area contributed by atoms with Crippen LogP contribution in [0.15, 0.2) is 18.2 Å². The van der Waals surface area contributed by atoms with E-state index in [1.54, 1.807) is 0 Å². The topological polar surface area (TPSA) is 115 Å². The highest BCUT2D eigenvalue weighted by atomic mass is 16.4. The number of hydrogen-bond acceptors (Lipinski definition) is 4. The van der Waals surface area contributed by atoms with Crippen molar-refractivity contribution >= 4 is 23.5 Å². The zero-order valence-corrected chi connectivity index (χ0v) is 9.74. The molecule has 1 aromatic rings. The molecule has 1 aliphatic heterocycles. The van der Waals surface area contributed by atoms with Crippen LogP contribution in [-0.2, 0) is 9.59 Å². The Morgan fingerprint density at radius 1 is 1.26 bits per heavy atom. The summed E-state index contributed by atoms with van der Waals surface area (Å²) in [5, 5.41) is 27.4.